The molecule has 0 radical (unpaired) electrons. The van der Waals surface area contributed by atoms with E-state index in [1.165, 1.54) is 49.7 Å². The minimum atomic E-state index is 0.0662. The highest BCUT2D eigenvalue weighted by Crippen LogP contribution is 2.47. The second kappa shape index (κ2) is 16.3. The molecule has 0 amide bonds. The number of allylic oxidation sites excluding steroid dienone is 2. The first-order chi connectivity index (χ1) is 31.1. The molecule has 0 N–H and O–H groups in total. The summed E-state index contributed by atoms with van der Waals surface area (Å²) in [6, 6.07) is 79.1. The van der Waals surface area contributed by atoms with Gasteiger partial charge in [-0.25, -0.2) is 15.0 Å². The summed E-state index contributed by atoms with van der Waals surface area (Å²) in [6.45, 7) is 4.66. The van der Waals surface area contributed by atoms with E-state index in [9.17, 15) is 0 Å². The van der Waals surface area contributed by atoms with Gasteiger partial charge in [-0.2, -0.15) is 0 Å². The Morgan fingerprint density at radius 1 is 0.333 bits per heavy atom. The summed E-state index contributed by atoms with van der Waals surface area (Å²) in [5, 5.41) is 2.46. The lowest BCUT2D eigenvalue weighted by molar-refractivity contribution is 1.07. The molecule has 1 unspecified atom stereocenters. The highest BCUT2D eigenvalue weighted by atomic mass is 15.0. The number of fused-ring (bicyclic) bond motifs is 3. The molecule has 3 nitrogen and oxygen atoms in total. The fraction of sp³-hybridized carbons (Fsp3) is 0.0167. The summed E-state index contributed by atoms with van der Waals surface area (Å²) in [7, 11) is 0. The molecule has 10 aromatic rings. The van der Waals surface area contributed by atoms with Crippen molar-refractivity contribution in [3.05, 3.63) is 259 Å². The van der Waals surface area contributed by atoms with Gasteiger partial charge in [-0.3, -0.25) is 0 Å². The predicted molar refractivity (Wildman–Crippen MR) is 262 cm³/mol. The zero-order valence-corrected chi connectivity index (χ0v) is 34.6. The van der Waals surface area contributed by atoms with Crippen molar-refractivity contribution in [2.45, 2.75) is 5.92 Å². The van der Waals surface area contributed by atoms with Crippen LogP contribution in [-0.4, -0.2) is 15.0 Å². The van der Waals surface area contributed by atoms with Crippen LogP contribution >= 0.6 is 0 Å². The van der Waals surface area contributed by atoms with E-state index < -0.39 is 0 Å². The molecule has 0 saturated heterocycles. The first-order valence-electron chi connectivity index (χ1n) is 21.4. The zero-order valence-electron chi connectivity index (χ0n) is 34.6. The van der Waals surface area contributed by atoms with Crippen molar-refractivity contribution in [3.63, 3.8) is 0 Å². The number of aromatic nitrogens is 3. The van der Waals surface area contributed by atoms with Crippen molar-refractivity contribution in [1.82, 2.24) is 15.0 Å². The molecule has 0 aliphatic heterocycles. The molecule has 63 heavy (non-hydrogen) atoms. The van der Waals surface area contributed by atoms with E-state index in [0.717, 1.165) is 44.5 Å². The van der Waals surface area contributed by atoms with Gasteiger partial charge in [0.2, 0.25) is 0 Å². The van der Waals surface area contributed by atoms with Gasteiger partial charge in [-0.15, -0.1) is 0 Å². The lowest BCUT2D eigenvalue weighted by Gasteiger charge is -2.29. The van der Waals surface area contributed by atoms with E-state index in [4.69, 9.17) is 15.0 Å². The number of nitrogens with zero attached hydrogens (tertiary/aromatic N) is 3. The van der Waals surface area contributed by atoms with Crippen LogP contribution in [0.5, 0.6) is 0 Å². The van der Waals surface area contributed by atoms with Crippen LogP contribution in [0, 0.1) is 0 Å². The van der Waals surface area contributed by atoms with E-state index in [2.05, 4.69) is 225 Å². The monoisotopic (exact) mass is 803 g/mol. The van der Waals surface area contributed by atoms with Gasteiger partial charge in [0.25, 0.3) is 0 Å². The van der Waals surface area contributed by atoms with Gasteiger partial charge in [0, 0.05) is 22.6 Å². The summed E-state index contributed by atoms with van der Waals surface area (Å²) >= 11 is 0. The molecule has 0 spiro atoms. The Morgan fingerprint density at radius 2 is 0.746 bits per heavy atom. The maximum absolute atomic E-state index is 5.09. The van der Waals surface area contributed by atoms with Crippen molar-refractivity contribution < 1.29 is 0 Å². The van der Waals surface area contributed by atoms with E-state index in [0.29, 0.717) is 17.5 Å². The average Bonchev–Trinajstić information content (AvgIpc) is 3.37. The lowest BCUT2D eigenvalue weighted by atomic mass is 9.75. The largest absolute Gasteiger partial charge is 0.208 e. The van der Waals surface area contributed by atoms with Crippen molar-refractivity contribution in [2.75, 3.05) is 0 Å². The summed E-state index contributed by atoms with van der Waals surface area (Å²) in [5.74, 6) is 1.95. The van der Waals surface area contributed by atoms with Crippen LogP contribution in [0.15, 0.2) is 237 Å². The second-order valence-electron chi connectivity index (χ2n) is 16.1. The van der Waals surface area contributed by atoms with Crippen LogP contribution < -0.4 is 0 Å². The van der Waals surface area contributed by atoms with Gasteiger partial charge in [-0.05, 0) is 83.6 Å². The average molecular weight is 804 g/mol. The third-order valence-corrected chi connectivity index (χ3v) is 12.2. The molecule has 0 bridgehead atoms. The third kappa shape index (κ3) is 7.36. The molecule has 9 aromatic carbocycles. The van der Waals surface area contributed by atoms with Gasteiger partial charge in [0.1, 0.15) is 0 Å². The van der Waals surface area contributed by atoms with Crippen LogP contribution in [0.1, 0.15) is 28.2 Å². The summed E-state index contributed by atoms with van der Waals surface area (Å²) in [4.78, 5) is 15.2. The first kappa shape index (κ1) is 37.7. The topological polar surface area (TPSA) is 38.7 Å². The number of hydrogen-bond acceptors (Lipinski definition) is 3. The quantitative estimate of drug-likeness (QED) is 0.154. The second-order valence-corrected chi connectivity index (χ2v) is 16.1. The van der Waals surface area contributed by atoms with Crippen LogP contribution in [-0.2, 0) is 0 Å². The predicted octanol–water partition coefficient (Wildman–Crippen LogP) is 15.3. The molecule has 1 aromatic heterocycles. The molecule has 296 valence electrons. The van der Waals surface area contributed by atoms with Crippen molar-refractivity contribution in [3.8, 4) is 67.5 Å². The van der Waals surface area contributed by atoms with Gasteiger partial charge >= 0.3 is 0 Å². The molecule has 1 aliphatic carbocycles. The SMILES string of the molecule is C=C1c2ccc3ccccc3c2C(c2cccc(-c3ccc(-c4nc(-c5ccc(-c6ccccc6)cc5)nc(-c5ccc(-c6ccccc6)cc5)n4)cc3)c2)=CC1c1ccccc1. The molecule has 0 saturated carbocycles. The Labute approximate surface area is 368 Å². The van der Waals surface area contributed by atoms with Gasteiger partial charge in [0.15, 0.2) is 17.5 Å². The van der Waals surface area contributed by atoms with Crippen LogP contribution in [0.3, 0.4) is 0 Å². The maximum Gasteiger partial charge on any atom is 0.164 e. The fourth-order valence-corrected chi connectivity index (χ4v) is 8.87. The normalized spacial score (nSPS) is 13.4. The number of benzene rings is 9. The molecule has 1 aliphatic rings. The summed E-state index contributed by atoms with van der Waals surface area (Å²) in [5.41, 5.74) is 16.8. The van der Waals surface area contributed by atoms with Crippen LogP contribution in [0.25, 0.3) is 89.5 Å². The molecule has 0 fully saturated rings. The molecular formula is C60H41N3. The number of rotatable bonds is 8. The summed E-state index contributed by atoms with van der Waals surface area (Å²) in [6.07, 6.45) is 2.41. The van der Waals surface area contributed by atoms with E-state index in [-0.39, 0.29) is 5.92 Å². The Morgan fingerprint density at radius 3 is 1.29 bits per heavy atom. The van der Waals surface area contributed by atoms with E-state index >= 15 is 0 Å². The molecule has 3 heteroatoms. The Balaban J connectivity index is 0.965. The highest BCUT2D eigenvalue weighted by Gasteiger charge is 2.27. The highest BCUT2D eigenvalue weighted by molar-refractivity contribution is 6.05. The van der Waals surface area contributed by atoms with Gasteiger partial charge in [0.05, 0.1) is 0 Å². The van der Waals surface area contributed by atoms with Crippen molar-refractivity contribution in [1.29, 1.82) is 0 Å². The Hall–Kier alpha value is -8.27. The smallest absolute Gasteiger partial charge is 0.164 e. The van der Waals surface area contributed by atoms with E-state index in [1.54, 1.807) is 0 Å². The van der Waals surface area contributed by atoms with E-state index in [1.807, 2.05) is 12.1 Å². The Kier molecular flexibility index (Phi) is 9.76. The Bertz CT molecular complexity index is 3200. The summed E-state index contributed by atoms with van der Waals surface area (Å²) < 4.78 is 0. The molecule has 1 heterocycles. The zero-order chi connectivity index (χ0) is 42.1. The van der Waals surface area contributed by atoms with Gasteiger partial charge in [-0.1, -0.05) is 231 Å². The third-order valence-electron chi connectivity index (χ3n) is 12.2. The van der Waals surface area contributed by atoms with Crippen LogP contribution in [0.4, 0.5) is 0 Å². The first-order valence-corrected chi connectivity index (χ1v) is 21.4. The number of hydrogen-bond donors (Lipinski definition) is 0. The molecule has 1 atom stereocenters. The van der Waals surface area contributed by atoms with Gasteiger partial charge < -0.3 is 0 Å². The molecular weight excluding hydrogens is 763 g/mol. The van der Waals surface area contributed by atoms with Crippen molar-refractivity contribution in [2.24, 2.45) is 0 Å². The molecule has 11 rings (SSSR count). The maximum atomic E-state index is 5.09. The van der Waals surface area contributed by atoms with Crippen LogP contribution in [0.2, 0.25) is 0 Å². The lowest BCUT2D eigenvalue weighted by Crippen LogP contribution is -2.09. The minimum Gasteiger partial charge on any atom is -0.208 e. The minimum absolute atomic E-state index is 0.0662. The standard InChI is InChI=1S/C60H41N3/c1-40-53-37-36-47-20-11-12-23-54(47)57(53)56(39-55(40)46-18-9-4-10-19-46)52-22-13-21-51(38-52)45-28-34-50(35-29-45)60-62-58(48-30-24-43(25-31-48)41-14-5-2-6-15-41)61-59(63-60)49-32-26-44(27-33-49)42-16-7-3-8-17-42/h2-39,55H,1H2. The fourth-order valence-electron chi connectivity index (χ4n) is 8.87. The van der Waals surface area contributed by atoms with Crippen molar-refractivity contribution >= 4 is 21.9 Å².